The van der Waals surface area contributed by atoms with Crippen molar-refractivity contribution >= 4 is 28.6 Å². The van der Waals surface area contributed by atoms with Crippen LogP contribution in [0.5, 0.6) is 0 Å². The molecule has 4 N–H and O–H groups in total. The summed E-state index contributed by atoms with van der Waals surface area (Å²) in [6.45, 7) is 1.98. The molecule has 1 aliphatic heterocycles. The van der Waals surface area contributed by atoms with Crippen LogP contribution in [0.25, 0.3) is 10.9 Å². The molecule has 0 bridgehead atoms. The molecular weight excluding hydrogens is 404 g/mol. The van der Waals surface area contributed by atoms with Crippen molar-refractivity contribution in [3.05, 3.63) is 71.9 Å². The molecule has 0 saturated carbocycles. The van der Waals surface area contributed by atoms with E-state index in [0.717, 1.165) is 22.0 Å². The van der Waals surface area contributed by atoms with E-state index in [9.17, 15) is 14.4 Å². The van der Waals surface area contributed by atoms with Crippen molar-refractivity contribution < 1.29 is 14.4 Å². The maximum absolute atomic E-state index is 13.4. The van der Waals surface area contributed by atoms with Gasteiger partial charge in [-0.15, -0.1) is 0 Å². The Morgan fingerprint density at radius 2 is 1.66 bits per heavy atom. The van der Waals surface area contributed by atoms with Gasteiger partial charge in [0.2, 0.25) is 17.7 Å². The number of carbonyl (C=O) groups excluding carboxylic acids is 3. The number of para-hydroxylation sites is 1. The second-order valence-corrected chi connectivity index (χ2v) is 8.51. The third-order valence-electron chi connectivity index (χ3n) is 5.95. The van der Waals surface area contributed by atoms with Crippen LogP contribution in [0, 0.1) is 0 Å². The quantitative estimate of drug-likeness (QED) is 0.512. The lowest BCUT2D eigenvalue weighted by molar-refractivity contribution is -0.133. The molecule has 2 atom stereocenters. The van der Waals surface area contributed by atoms with Gasteiger partial charge in [0.25, 0.3) is 0 Å². The molecule has 0 unspecified atom stereocenters. The zero-order valence-corrected chi connectivity index (χ0v) is 18.1. The van der Waals surface area contributed by atoms with Crippen molar-refractivity contribution in [2.45, 2.75) is 44.2 Å². The van der Waals surface area contributed by atoms with Crippen LogP contribution in [0.4, 0.5) is 0 Å². The van der Waals surface area contributed by atoms with E-state index in [1.165, 1.54) is 0 Å². The first-order valence-electron chi connectivity index (χ1n) is 10.9. The number of hydrogen-bond acceptors (Lipinski definition) is 3. The van der Waals surface area contributed by atoms with Crippen LogP contribution in [0.1, 0.15) is 43.4 Å². The van der Waals surface area contributed by atoms with Crippen LogP contribution in [0.15, 0.2) is 60.8 Å². The Bertz CT molecular complexity index is 1120. The predicted molar refractivity (Wildman–Crippen MR) is 123 cm³/mol. The summed E-state index contributed by atoms with van der Waals surface area (Å²) >= 11 is 0. The summed E-state index contributed by atoms with van der Waals surface area (Å²) in [7, 11) is 0. The van der Waals surface area contributed by atoms with Crippen LogP contribution >= 0.6 is 0 Å². The molecule has 0 spiro atoms. The van der Waals surface area contributed by atoms with Crippen molar-refractivity contribution in [2.75, 3.05) is 6.54 Å². The highest BCUT2D eigenvalue weighted by Gasteiger charge is 2.36. The van der Waals surface area contributed by atoms with Crippen LogP contribution in [-0.4, -0.2) is 34.8 Å². The molecule has 1 aliphatic rings. The van der Waals surface area contributed by atoms with Crippen LogP contribution in [0.2, 0.25) is 0 Å². The van der Waals surface area contributed by atoms with E-state index in [0.29, 0.717) is 12.8 Å². The minimum atomic E-state index is -1.13. The second-order valence-electron chi connectivity index (χ2n) is 8.51. The van der Waals surface area contributed by atoms with Gasteiger partial charge in [0.05, 0.1) is 6.04 Å². The molecule has 0 aliphatic carbocycles. The highest BCUT2D eigenvalue weighted by Crippen LogP contribution is 2.23. The molecule has 1 aromatic heterocycles. The lowest BCUT2D eigenvalue weighted by Crippen LogP contribution is -2.59. The Labute approximate surface area is 187 Å². The molecule has 1 saturated heterocycles. The number of H-pyrrole nitrogens is 1. The Balaban J connectivity index is 1.60. The van der Waals surface area contributed by atoms with Gasteiger partial charge in [0.15, 0.2) is 0 Å². The predicted octanol–water partition coefficient (Wildman–Crippen LogP) is 2.74. The van der Waals surface area contributed by atoms with Gasteiger partial charge in [-0.25, -0.2) is 0 Å². The topological polar surface area (TPSA) is 103 Å². The van der Waals surface area contributed by atoms with Crippen molar-refractivity contribution in [1.29, 1.82) is 0 Å². The smallest absolute Gasteiger partial charge is 0.245 e. The van der Waals surface area contributed by atoms with E-state index < -0.39 is 5.54 Å². The Morgan fingerprint density at radius 1 is 0.938 bits per heavy atom. The summed E-state index contributed by atoms with van der Waals surface area (Å²) in [4.78, 5) is 41.6. The molecule has 2 heterocycles. The highest BCUT2D eigenvalue weighted by molar-refractivity contribution is 5.93. The first-order chi connectivity index (χ1) is 15.4. The summed E-state index contributed by atoms with van der Waals surface area (Å²) < 4.78 is 0. The fraction of sp³-hybridized carbons (Fsp3) is 0.320. The maximum Gasteiger partial charge on any atom is 0.245 e. The number of aromatic amines is 1. The van der Waals surface area contributed by atoms with Crippen LogP contribution in [0.3, 0.4) is 0 Å². The summed E-state index contributed by atoms with van der Waals surface area (Å²) in [5, 5.41) is 9.92. The fourth-order valence-corrected chi connectivity index (χ4v) is 4.21. The molecule has 1 fully saturated rings. The van der Waals surface area contributed by atoms with E-state index >= 15 is 0 Å². The molecule has 166 valence electrons. The molecule has 3 aromatic rings. The number of fused-ring (bicyclic) bond motifs is 1. The molecule has 32 heavy (non-hydrogen) atoms. The van der Waals surface area contributed by atoms with Crippen molar-refractivity contribution in [1.82, 2.24) is 20.9 Å². The lowest BCUT2D eigenvalue weighted by atomic mass is 9.90. The van der Waals surface area contributed by atoms with Crippen molar-refractivity contribution in [3.63, 3.8) is 0 Å². The van der Waals surface area contributed by atoms with E-state index in [1.807, 2.05) is 60.8 Å². The monoisotopic (exact) mass is 432 g/mol. The van der Waals surface area contributed by atoms with E-state index in [1.54, 1.807) is 6.92 Å². The van der Waals surface area contributed by atoms with Gasteiger partial charge in [0.1, 0.15) is 5.54 Å². The zero-order chi connectivity index (χ0) is 22.6. The van der Waals surface area contributed by atoms with Crippen molar-refractivity contribution in [3.8, 4) is 0 Å². The first kappa shape index (κ1) is 21.6. The van der Waals surface area contributed by atoms with Gasteiger partial charge in [-0.05, 0) is 30.5 Å². The van der Waals surface area contributed by atoms with E-state index in [-0.39, 0.29) is 43.1 Å². The summed E-state index contributed by atoms with van der Waals surface area (Å²) in [5.74, 6) is -0.662. The van der Waals surface area contributed by atoms with Crippen molar-refractivity contribution in [2.24, 2.45) is 0 Å². The van der Waals surface area contributed by atoms with Gasteiger partial charge in [0, 0.05) is 42.9 Å². The Hall–Kier alpha value is -3.61. The average Bonchev–Trinajstić information content (AvgIpc) is 3.18. The standard InChI is InChI=1S/C25H28N4O3/c1-25(14-18-15-26-20-11-6-5-10-19(18)20)24(32)27-16-21(17-8-3-2-4-9-17)28-22(30)12-7-13-23(31)29-25/h2-6,8-11,15,21,26H,7,12-14,16H2,1H3,(H,27,32)(H,28,30)(H,29,31)/t21-,25+/m0/s1. The highest BCUT2D eigenvalue weighted by atomic mass is 16.2. The summed E-state index contributed by atoms with van der Waals surface area (Å²) in [5.41, 5.74) is 1.73. The molecule has 4 rings (SSSR count). The number of hydrogen-bond donors (Lipinski definition) is 4. The summed E-state index contributed by atoms with van der Waals surface area (Å²) in [6, 6.07) is 17.1. The minimum Gasteiger partial charge on any atom is -0.361 e. The molecule has 7 heteroatoms. The average molecular weight is 433 g/mol. The number of amides is 3. The fourth-order valence-electron chi connectivity index (χ4n) is 4.21. The van der Waals surface area contributed by atoms with Gasteiger partial charge < -0.3 is 20.9 Å². The first-order valence-corrected chi connectivity index (χ1v) is 10.9. The minimum absolute atomic E-state index is 0.136. The van der Waals surface area contributed by atoms with Gasteiger partial charge in [-0.3, -0.25) is 14.4 Å². The number of rotatable bonds is 3. The third kappa shape index (κ3) is 4.82. The third-order valence-corrected chi connectivity index (χ3v) is 5.95. The SMILES string of the molecule is C[C@]1(Cc2c[nH]c3ccccc23)NC(=O)CCCC(=O)N[C@H](c2ccccc2)CNC1=O. The lowest BCUT2D eigenvalue weighted by Gasteiger charge is -2.31. The molecule has 0 radical (unpaired) electrons. The second kappa shape index (κ2) is 9.26. The number of carbonyl (C=O) groups is 3. The molecule has 7 nitrogen and oxygen atoms in total. The normalized spacial score (nSPS) is 22.9. The zero-order valence-electron chi connectivity index (χ0n) is 18.1. The number of benzene rings is 2. The van der Waals surface area contributed by atoms with E-state index in [4.69, 9.17) is 0 Å². The van der Waals surface area contributed by atoms with Gasteiger partial charge >= 0.3 is 0 Å². The largest absolute Gasteiger partial charge is 0.361 e. The van der Waals surface area contributed by atoms with Crippen LogP contribution < -0.4 is 16.0 Å². The molecule has 2 aromatic carbocycles. The number of aromatic nitrogens is 1. The molecular formula is C25H28N4O3. The Kier molecular flexibility index (Phi) is 6.25. The Morgan fingerprint density at radius 3 is 2.47 bits per heavy atom. The van der Waals surface area contributed by atoms with Gasteiger partial charge in [-0.2, -0.15) is 0 Å². The maximum atomic E-state index is 13.4. The van der Waals surface area contributed by atoms with Crippen LogP contribution in [-0.2, 0) is 20.8 Å². The summed E-state index contributed by atoms with van der Waals surface area (Å²) in [6.07, 6.45) is 3.09. The number of nitrogens with one attached hydrogen (secondary N) is 4. The van der Waals surface area contributed by atoms with Gasteiger partial charge in [-0.1, -0.05) is 48.5 Å². The van der Waals surface area contributed by atoms with E-state index in [2.05, 4.69) is 20.9 Å². The molecule has 3 amide bonds.